The van der Waals surface area contributed by atoms with Gasteiger partial charge in [0.15, 0.2) is 5.78 Å². The number of hydrogen-bond acceptors (Lipinski definition) is 5. The van der Waals surface area contributed by atoms with Gasteiger partial charge >= 0.3 is 11.9 Å². The molecule has 0 aromatic heterocycles. The predicted molar refractivity (Wildman–Crippen MR) is 96.1 cm³/mol. The Bertz CT molecular complexity index is 638. The number of carbonyl (C=O) groups is 3. The van der Waals surface area contributed by atoms with E-state index in [2.05, 4.69) is 19.9 Å². The van der Waals surface area contributed by atoms with Gasteiger partial charge in [-0.15, -0.1) is 0 Å². The van der Waals surface area contributed by atoms with E-state index in [1.807, 2.05) is 0 Å². The molecule has 3 aliphatic rings. The van der Waals surface area contributed by atoms with Gasteiger partial charge in [-0.1, -0.05) is 19.9 Å². The lowest BCUT2D eigenvalue weighted by molar-refractivity contribution is -0.158. The summed E-state index contributed by atoms with van der Waals surface area (Å²) in [7, 11) is 2.82. The van der Waals surface area contributed by atoms with Crippen LogP contribution in [0.25, 0.3) is 0 Å². The first-order valence-corrected chi connectivity index (χ1v) is 9.62. The van der Waals surface area contributed by atoms with Crippen LogP contribution in [-0.2, 0) is 23.9 Å². The van der Waals surface area contributed by atoms with Crippen molar-refractivity contribution in [3.63, 3.8) is 0 Å². The molecule has 6 atom stereocenters. The molecule has 144 valence electrons. The molecule has 0 spiro atoms. The van der Waals surface area contributed by atoms with Crippen LogP contribution in [0.3, 0.4) is 0 Å². The summed E-state index contributed by atoms with van der Waals surface area (Å²) in [6, 6.07) is 0. The average molecular weight is 362 g/mol. The van der Waals surface area contributed by atoms with Crippen molar-refractivity contribution in [2.45, 2.75) is 52.4 Å². The molecule has 5 heteroatoms. The van der Waals surface area contributed by atoms with E-state index in [1.165, 1.54) is 14.2 Å². The molecule has 0 unspecified atom stereocenters. The zero-order valence-electron chi connectivity index (χ0n) is 16.2. The maximum atomic E-state index is 12.4. The van der Waals surface area contributed by atoms with Crippen molar-refractivity contribution in [2.75, 3.05) is 14.2 Å². The fourth-order valence-electron chi connectivity index (χ4n) is 6.09. The number of methoxy groups -OCH3 is 2. The number of hydrogen-bond donors (Lipinski definition) is 0. The lowest BCUT2D eigenvalue weighted by atomic mass is 9.46. The molecule has 3 rings (SSSR count). The van der Waals surface area contributed by atoms with Crippen molar-refractivity contribution in [2.24, 2.45) is 34.5 Å². The van der Waals surface area contributed by atoms with Crippen molar-refractivity contribution < 1.29 is 23.9 Å². The number of esters is 2. The molecule has 5 nitrogen and oxygen atoms in total. The van der Waals surface area contributed by atoms with Crippen LogP contribution in [0.2, 0.25) is 0 Å². The van der Waals surface area contributed by atoms with Gasteiger partial charge in [0.05, 0.1) is 20.6 Å². The highest BCUT2D eigenvalue weighted by Crippen LogP contribution is 2.62. The van der Waals surface area contributed by atoms with Crippen LogP contribution in [-0.4, -0.2) is 31.9 Å². The van der Waals surface area contributed by atoms with E-state index in [0.717, 1.165) is 25.7 Å². The van der Waals surface area contributed by atoms with Gasteiger partial charge in [-0.05, 0) is 60.8 Å². The number of rotatable bonds is 4. The summed E-state index contributed by atoms with van der Waals surface area (Å²) in [5, 5.41) is 0. The molecule has 0 aromatic carbocycles. The molecule has 0 aromatic rings. The molecular formula is C21H30O5. The summed E-state index contributed by atoms with van der Waals surface area (Å²) in [6.07, 6.45) is 8.11. The zero-order chi connectivity index (χ0) is 19.1. The number of carbonyl (C=O) groups excluding carboxylic acids is 3. The molecular weight excluding hydrogens is 332 g/mol. The molecule has 3 aliphatic carbocycles. The van der Waals surface area contributed by atoms with Gasteiger partial charge in [0, 0.05) is 11.8 Å². The minimum Gasteiger partial charge on any atom is -0.469 e. The van der Waals surface area contributed by atoms with Crippen LogP contribution in [0, 0.1) is 34.5 Å². The molecule has 0 aliphatic heterocycles. The SMILES string of the molecule is COC(=O)C[C@@H]1CC[C@@H]2[C@H](CC[C@]3(C)C(=O)C=C[C@@H]23)[C@@]1(C)CC(=O)OC. The Morgan fingerprint density at radius 2 is 1.81 bits per heavy atom. The second kappa shape index (κ2) is 6.82. The van der Waals surface area contributed by atoms with Crippen LogP contribution >= 0.6 is 0 Å². The molecule has 0 heterocycles. The van der Waals surface area contributed by atoms with Gasteiger partial charge < -0.3 is 9.47 Å². The topological polar surface area (TPSA) is 69.7 Å². The van der Waals surface area contributed by atoms with Crippen LogP contribution in [0.4, 0.5) is 0 Å². The van der Waals surface area contributed by atoms with Crippen LogP contribution in [0.1, 0.15) is 52.4 Å². The van der Waals surface area contributed by atoms with Crippen molar-refractivity contribution in [3.05, 3.63) is 12.2 Å². The second-order valence-corrected chi connectivity index (χ2v) is 8.79. The lowest BCUT2D eigenvalue weighted by Crippen LogP contribution is -2.53. The van der Waals surface area contributed by atoms with Crippen LogP contribution in [0.15, 0.2) is 12.2 Å². The normalized spacial score (nSPS) is 41.3. The Hall–Kier alpha value is -1.65. The third-order valence-corrected chi connectivity index (χ3v) is 7.73. The molecule has 0 N–H and O–H groups in total. The van der Waals surface area contributed by atoms with Gasteiger partial charge in [0.2, 0.25) is 0 Å². The third-order valence-electron chi connectivity index (χ3n) is 7.73. The van der Waals surface area contributed by atoms with Gasteiger partial charge in [-0.25, -0.2) is 0 Å². The first-order chi connectivity index (χ1) is 12.3. The summed E-state index contributed by atoms with van der Waals surface area (Å²) in [5.74, 6) is 0.812. The Balaban J connectivity index is 1.92. The Labute approximate surface area is 155 Å². The highest BCUT2D eigenvalue weighted by molar-refractivity contribution is 5.97. The standard InChI is InChI=1S/C21H30O5/c1-20-10-9-16-14(15(20)7-8-17(20)22)6-5-13(11-18(23)25-3)21(16,2)12-19(24)26-4/h7-8,13-16H,5-6,9-12H2,1-4H3/t13-,14-,15-,16-,20-,21-/m0/s1. The minimum atomic E-state index is -0.314. The first-order valence-electron chi connectivity index (χ1n) is 9.62. The largest absolute Gasteiger partial charge is 0.469 e. The number of ether oxygens (including phenoxy) is 2. The zero-order valence-corrected chi connectivity index (χ0v) is 16.2. The lowest BCUT2D eigenvalue weighted by Gasteiger charge is -2.57. The summed E-state index contributed by atoms with van der Waals surface area (Å²) < 4.78 is 9.88. The fraction of sp³-hybridized carbons (Fsp3) is 0.762. The van der Waals surface area contributed by atoms with E-state index < -0.39 is 0 Å². The van der Waals surface area contributed by atoms with Gasteiger partial charge in [0.1, 0.15) is 0 Å². The summed E-state index contributed by atoms with van der Waals surface area (Å²) >= 11 is 0. The number of ketones is 1. The van der Waals surface area contributed by atoms with Crippen LogP contribution < -0.4 is 0 Å². The van der Waals surface area contributed by atoms with E-state index in [1.54, 1.807) is 6.08 Å². The van der Waals surface area contributed by atoms with Crippen molar-refractivity contribution in [1.29, 1.82) is 0 Å². The van der Waals surface area contributed by atoms with E-state index in [0.29, 0.717) is 24.7 Å². The molecule has 0 radical (unpaired) electrons. The van der Waals surface area contributed by atoms with E-state index in [9.17, 15) is 14.4 Å². The van der Waals surface area contributed by atoms with E-state index in [4.69, 9.17) is 9.47 Å². The maximum Gasteiger partial charge on any atom is 0.306 e. The summed E-state index contributed by atoms with van der Waals surface area (Å²) in [6.45, 7) is 4.23. The highest BCUT2D eigenvalue weighted by Gasteiger charge is 2.58. The quantitative estimate of drug-likeness (QED) is 0.718. The molecule has 0 bridgehead atoms. The predicted octanol–water partition coefficient (Wildman–Crippen LogP) is 3.32. The van der Waals surface area contributed by atoms with Crippen molar-refractivity contribution in [3.8, 4) is 0 Å². The Morgan fingerprint density at radius 3 is 2.46 bits per heavy atom. The summed E-state index contributed by atoms with van der Waals surface area (Å²) in [5.41, 5.74) is -0.604. The van der Waals surface area contributed by atoms with Crippen molar-refractivity contribution in [1.82, 2.24) is 0 Å². The highest BCUT2D eigenvalue weighted by atomic mass is 16.5. The average Bonchev–Trinajstić information content (AvgIpc) is 2.92. The van der Waals surface area contributed by atoms with Gasteiger partial charge in [-0.3, -0.25) is 14.4 Å². The van der Waals surface area contributed by atoms with Crippen molar-refractivity contribution >= 4 is 17.7 Å². The first kappa shape index (κ1) is 19.1. The Kier molecular flexibility index (Phi) is 5.02. The number of allylic oxidation sites excluding steroid dienone is 2. The number of fused-ring (bicyclic) bond motifs is 3. The summed E-state index contributed by atoms with van der Waals surface area (Å²) in [4.78, 5) is 36.6. The third kappa shape index (κ3) is 2.89. The Morgan fingerprint density at radius 1 is 1.12 bits per heavy atom. The van der Waals surface area contributed by atoms with Gasteiger partial charge in [-0.2, -0.15) is 0 Å². The molecule has 0 amide bonds. The molecule has 2 fully saturated rings. The molecule has 26 heavy (non-hydrogen) atoms. The molecule has 2 saturated carbocycles. The second-order valence-electron chi connectivity index (χ2n) is 8.79. The van der Waals surface area contributed by atoms with E-state index >= 15 is 0 Å². The van der Waals surface area contributed by atoms with Gasteiger partial charge in [0.25, 0.3) is 0 Å². The maximum absolute atomic E-state index is 12.4. The van der Waals surface area contributed by atoms with E-state index in [-0.39, 0.29) is 40.4 Å². The molecule has 0 saturated heterocycles. The van der Waals surface area contributed by atoms with Crippen LogP contribution in [0.5, 0.6) is 0 Å². The smallest absolute Gasteiger partial charge is 0.306 e. The fourth-order valence-corrected chi connectivity index (χ4v) is 6.09. The monoisotopic (exact) mass is 362 g/mol. The minimum absolute atomic E-state index is 0.0979.